The first kappa shape index (κ1) is 17.2. The molecular weight excluding hydrogens is 273 g/mol. The Morgan fingerprint density at radius 1 is 1.35 bits per heavy atom. The Kier molecular flexibility index (Phi) is 5.82. The van der Waals surface area contributed by atoms with Crippen LogP contribution in [0, 0.1) is 11.8 Å². The number of carbonyl (C=O) groups is 1. The van der Waals surface area contributed by atoms with Gasteiger partial charge in [-0.25, -0.2) is 0 Å². The minimum absolute atomic E-state index is 0.0887. The summed E-state index contributed by atoms with van der Waals surface area (Å²) in [7, 11) is 0. The Morgan fingerprint density at radius 2 is 1.95 bits per heavy atom. The fourth-order valence-electron chi connectivity index (χ4n) is 2.44. The van der Waals surface area contributed by atoms with Gasteiger partial charge >= 0.3 is 6.18 Å². The average molecular weight is 296 g/mol. The second kappa shape index (κ2) is 6.76. The van der Waals surface area contributed by atoms with Crippen molar-refractivity contribution in [2.75, 3.05) is 19.6 Å². The van der Waals surface area contributed by atoms with Gasteiger partial charge in [0.2, 0.25) is 5.91 Å². The lowest BCUT2D eigenvalue weighted by Crippen LogP contribution is -2.55. The number of aliphatic hydroxyl groups is 1. The number of hydrogen-bond acceptors (Lipinski definition) is 3. The van der Waals surface area contributed by atoms with Gasteiger partial charge in [-0.15, -0.1) is 0 Å². The van der Waals surface area contributed by atoms with Gasteiger partial charge in [-0.2, -0.15) is 13.2 Å². The van der Waals surface area contributed by atoms with Gasteiger partial charge < -0.3 is 15.3 Å². The number of likely N-dealkylation sites (tertiary alicyclic amines) is 1. The highest BCUT2D eigenvalue weighted by atomic mass is 19.4. The maximum Gasteiger partial charge on any atom is 0.401 e. The van der Waals surface area contributed by atoms with E-state index in [-0.39, 0.29) is 24.3 Å². The second-order valence-corrected chi connectivity index (χ2v) is 5.83. The molecule has 2 N–H and O–H groups in total. The standard InChI is InChI=1S/C13H23F3N2O2/c1-8(2)12(20)18-5-10(9(3)19)4-11(6-18)17-7-13(14,15)16/h8-11,17,19H,4-7H2,1-3H3. The van der Waals surface area contributed by atoms with Crippen molar-refractivity contribution in [3.8, 4) is 0 Å². The number of carbonyl (C=O) groups excluding carboxylic acids is 1. The number of piperidine rings is 1. The van der Waals surface area contributed by atoms with Gasteiger partial charge in [0.05, 0.1) is 12.6 Å². The van der Waals surface area contributed by atoms with Crippen LogP contribution in [0.1, 0.15) is 27.2 Å². The van der Waals surface area contributed by atoms with Gasteiger partial charge in [-0.1, -0.05) is 13.8 Å². The van der Waals surface area contributed by atoms with Gasteiger partial charge in [0, 0.05) is 31.0 Å². The molecule has 0 radical (unpaired) electrons. The molecule has 0 aromatic heterocycles. The number of rotatable bonds is 4. The summed E-state index contributed by atoms with van der Waals surface area (Å²) < 4.78 is 36.8. The van der Waals surface area contributed by atoms with E-state index in [0.29, 0.717) is 13.0 Å². The summed E-state index contributed by atoms with van der Waals surface area (Å²) in [6, 6.07) is -0.437. The summed E-state index contributed by atoms with van der Waals surface area (Å²) in [5, 5.41) is 12.1. The maximum atomic E-state index is 12.3. The number of hydrogen-bond donors (Lipinski definition) is 2. The van der Waals surface area contributed by atoms with Crippen molar-refractivity contribution in [1.29, 1.82) is 0 Å². The summed E-state index contributed by atoms with van der Waals surface area (Å²) in [6.07, 6.45) is -4.48. The molecule has 7 heteroatoms. The SMILES string of the molecule is CC(C)C(=O)N1CC(NCC(F)(F)F)CC(C(C)O)C1. The van der Waals surface area contributed by atoms with Crippen LogP contribution in [0.15, 0.2) is 0 Å². The lowest BCUT2D eigenvalue weighted by Gasteiger charge is -2.40. The highest BCUT2D eigenvalue weighted by molar-refractivity contribution is 5.78. The summed E-state index contributed by atoms with van der Waals surface area (Å²) in [5.41, 5.74) is 0. The second-order valence-electron chi connectivity index (χ2n) is 5.83. The van der Waals surface area contributed by atoms with Crippen molar-refractivity contribution < 1.29 is 23.1 Å². The fraction of sp³-hybridized carbons (Fsp3) is 0.923. The molecular formula is C13H23F3N2O2. The molecule has 3 atom stereocenters. The molecule has 1 aliphatic rings. The number of halogens is 3. The quantitative estimate of drug-likeness (QED) is 0.824. The monoisotopic (exact) mass is 296 g/mol. The molecule has 1 aliphatic heterocycles. The van der Waals surface area contributed by atoms with Crippen molar-refractivity contribution in [3.63, 3.8) is 0 Å². The minimum atomic E-state index is -4.27. The zero-order valence-electron chi connectivity index (χ0n) is 12.1. The van der Waals surface area contributed by atoms with Crippen LogP contribution in [0.2, 0.25) is 0 Å². The van der Waals surface area contributed by atoms with Crippen LogP contribution in [0.3, 0.4) is 0 Å². The lowest BCUT2D eigenvalue weighted by molar-refractivity contribution is -0.139. The topological polar surface area (TPSA) is 52.6 Å². The predicted molar refractivity (Wildman–Crippen MR) is 69.1 cm³/mol. The molecule has 1 heterocycles. The largest absolute Gasteiger partial charge is 0.401 e. The molecule has 118 valence electrons. The molecule has 3 unspecified atom stereocenters. The molecule has 20 heavy (non-hydrogen) atoms. The average Bonchev–Trinajstić information content (AvgIpc) is 2.34. The van der Waals surface area contributed by atoms with E-state index in [1.54, 1.807) is 25.7 Å². The van der Waals surface area contributed by atoms with Crippen LogP contribution in [-0.2, 0) is 4.79 Å². The first-order valence-electron chi connectivity index (χ1n) is 6.87. The Bertz CT molecular complexity index is 332. The van der Waals surface area contributed by atoms with E-state index < -0.39 is 24.9 Å². The molecule has 1 amide bonds. The predicted octanol–water partition coefficient (Wildman–Crippen LogP) is 1.39. The van der Waals surface area contributed by atoms with Gasteiger partial charge in [0.15, 0.2) is 0 Å². The number of nitrogens with one attached hydrogen (secondary N) is 1. The molecule has 1 rings (SSSR count). The fourth-order valence-corrected chi connectivity index (χ4v) is 2.44. The molecule has 0 spiro atoms. The molecule has 4 nitrogen and oxygen atoms in total. The third-order valence-corrected chi connectivity index (χ3v) is 3.56. The minimum Gasteiger partial charge on any atom is -0.393 e. The molecule has 0 aromatic rings. The highest BCUT2D eigenvalue weighted by Gasteiger charge is 2.35. The zero-order chi connectivity index (χ0) is 15.5. The Labute approximate surface area is 117 Å². The van der Waals surface area contributed by atoms with E-state index >= 15 is 0 Å². The number of aliphatic hydroxyl groups excluding tert-OH is 1. The number of nitrogens with zero attached hydrogens (tertiary/aromatic N) is 1. The van der Waals surface area contributed by atoms with Gasteiger partial charge in [-0.3, -0.25) is 4.79 Å². The maximum absolute atomic E-state index is 12.3. The summed E-state index contributed by atoms with van der Waals surface area (Å²) in [5.74, 6) is -0.489. The Balaban J connectivity index is 2.68. The van der Waals surface area contributed by atoms with Crippen LogP contribution >= 0.6 is 0 Å². The van der Waals surface area contributed by atoms with E-state index in [2.05, 4.69) is 5.32 Å². The summed E-state index contributed by atoms with van der Waals surface area (Å²) in [6.45, 7) is 4.71. The third-order valence-electron chi connectivity index (χ3n) is 3.56. The lowest BCUT2D eigenvalue weighted by atomic mass is 9.89. The summed E-state index contributed by atoms with van der Waals surface area (Å²) >= 11 is 0. The van der Waals surface area contributed by atoms with Crippen molar-refractivity contribution in [1.82, 2.24) is 10.2 Å². The Morgan fingerprint density at radius 3 is 2.40 bits per heavy atom. The van der Waals surface area contributed by atoms with E-state index in [1.165, 1.54) is 0 Å². The van der Waals surface area contributed by atoms with E-state index in [9.17, 15) is 23.1 Å². The van der Waals surface area contributed by atoms with Crippen molar-refractivity contribution in [3.05, 3.63) is 0 Å². The van der Waals surface area contributed by atoms with Crippen molar-refractivity contribution in [2.45, 2.75) is 45.5 Å². The van der Waals surface area contributed by atoms with Crippen molar-refractivity contribution in [2.24, 2.45) is 11.8 Å². The molecule has 0 saturated carbocycles. The van der Waals surface area contributed by atoms with Crippen LogP contribution < -0.4 is 5.32 Å². The first-order chi connectivity index (χ1) is 9.10. The van der Waals surface area contributed by atoms with Gasteiger partial charge in [-0.05, 0) is 13.3 Å². The zero-order valence-corrected chi connectivity index (χ0v) is 12.1. The van der Waals surface area contributed by atoms with E-state index in [0.717, 1.165) is 0 Å². The van der Waals surface area contributed by atoms with Crippen LogP contribution in [0.25, 0.3) is 0 Å². The first-order valence-corrected chi connectivity index (χ1v) is 6.87. The molecule has 0 aliphatic carbocycles. The smallest absolute Gasteiger partial charge is 0.393 e. The molecule has 1 fully saturated rings. The van der Waals surface area contributed by atoms with Crippen molar-refractivity contribution >= 4 is 5.91 Å². The highest BCUT2D eigenvalue weighted by Crippen LogP contribution is 2.23. The van der Waals surface area contributed by atoms with Crippen LogP contribution in [0.5, 0.6) is 0 Å². The van der Waals surface area contributed by atoms with E-state index in [1.807, 2.05) is 0 Å². The van der Waals surface area contributed by atoms with Crippen LogP contribution in [0.4, 0.5) is 13.2 Å². The van der Waals surface area contributed by atoms with Gasteiger partial charge in [0.1, 0.15) is 0 Å². The number of alkyl halides is 3. The molecule has 0 aromatic carbocycles. The van der Waals surface area contributed by atoms with Gasteiger partial charge in [0.25, 0.3) is 0 Å². The molecule has 1 saturated heterocycles. The third kappa shape index (κ3) is 5.28. The summed E-state index contributed by atoms with van der Waals surface area (Å²) in [4.78, 5) is 13.6. The number of amides is 1. The normalized spacial score (nSPS) is 25.9. The Hall–Kier alpha value is -0.820. The molecule has 0 bridgehead atoms. The van der Waals surface area contributed by atoms with Crippen LogP contribution in [-0.4, -0.2) is 53.9 Å². The van der Waals surface area contributed by atoms with E-state index in [4.69, 9.17) is 0 Å².